The summed E-state index contributed by atoms with van der Waals surface area (Å²) in [6, 6.07) is 6.96. The van der Waals surface area contributed by atoms with Gasteiger partial charge in [0.1, 0.15) is 0 Å². The van der Waals surface area contributed by atoms with E-state index in [9.17, 15) is 0 Å². The van der Waals surface area contributed by atoms with Gasteiger partial charge in [0, 0.05) is 5.56 Å². The van der Waals surface area contributed by atoms with Gasteiger partial charge in [-0.3, -0.25) is 0 Å². The Balaban J connectivity index is 1.49. The minimum atomic E-state index is 0.307. The van der Waals surface area contributed by atoms with E-state index in [1.165, 1.54) is 25.1 Å². The molecule has 0 aliphatic rings. The number of thioether (sulfide) groups is 1. The van der Waals surface area contributed by atoms with Gasteiger partial charge < -0.3 is 27.5 Å². The number of hydrogen-bond donors (Lipinski definition) is 0. The zero-order valence-corrected chi connectivity index (χ0v) is 16.6. The molecule has 0 amide bonds. The molecule has 0 atom stereocenters. The van der Waals surface area contributed by atoms with Crippen LogP contribution in [0.4, 0.5) is 0 Å². The van der Waals surface area contributed by atoms with Crippen LogP contribution in [0, 0.1) is 0 Å². The lowest BCUT2D eigenvalue weighted by Gasteiger charge is -2.12. The first kappa shape index (κ1) is 18.9. The summed E-state index contributed by atoms with van der Waals surface area (Å²) >= 11 is 1.27. The fraction of sp³-hybridized carbons (Fsp3) is 0.222. The minimum absolute atomic E-state index is 0.307. The highest BCUT2D eigenvalue weighted by Crippen LogP contribution is 2.41. The molecule has 3 heterocycles. The van der Waals surface area contributed by atoms with Gasteiger partial charge in [0.2, 0.25) is 17.5 Å². The van der Waals surface area contributed by atoms with Gasteiger partial charge in [0.25, 0.3) is 11.1 Å². The first-order valence-electron chi connectivity index (χ1n) is 8.34. The number of benzene rings is 1. The topological polar surface area (TPSA) is 119 Å². The summed E-state index contributed by atoms with van der Waals surface area (Å²) < 4.78 is 32.5. The molecule has 150 valence electrons. The molecule has 0 saturated heterocycles. The smallest absolute Gasteiger partial charge is 0.284 e. The number of furan rings is 1. The lowest BCUT2D eigenvalue weighted by molar-refractivity contribution is 0.324. The van der Waals surface area contributed by atoms with Gasteiger partial charge in [0.05, 0.1) is 33.3 Å². The summed E-state index contributed by atoms with van der Waals surface area (Å²) in [5.74, 6) is 3.36. The first-order valence-corrected chi connectivity index (χ1v) is 9.33. The third kappa shape index (κ3) is 3.90. The molecular weight excluding hydrogens is 400 g/mol. The molecule has 4 aromatic rings. The molecule has 10 nitrogen and oxygen atoms in total. The average Bonchev–Trinajstić information content (AvgIpc) is 3.52. The van der Waals surface area contributed by atoms with E-state index in [1.807, 2.05) is 0 Å². The summed E-state index contributed by atoms with van der Waals surface area (Å²) in [5, 5.41) is 16.4. The van der Waals surface area contributed by atoms with Gasteiger partial charge in [-0.25, -0.2) is 0 Å². The molecule has 0 unspecified atom stereocenters. The molecule has 0 fully saturated rings. The van der Waals surface area contributed by atoms with Gasteiger partial charge in [0.15, 0.2) is 17.3 Å². The quantitative estimate of drug-likeness (QED) is 0.391. The fourth-order valence-corrected chi connectivity index (χ4v) is 3.12. The van der Waals surface area contributed by atoms with Crippen molar-refractivity contribution in [2.45, 2.75) is 11.0 Å². The second kappa shape index (κ2) is 8.27. The van der Waals surface area contributed by atoms with Crippen molar-refractivity contribution in [3.05, 3.63) is 36.4 Å². The van der Waals surface area contributed by atoms with Crippen molar-refractivity contribution in [3.8, 4) is 40.4 Å². The van der Waals surface area contributed by atoms with E-state index in [4.69, 9.17) is 27.5 Å². The third-order valence-corrected chi connectivity index (χ3v) is 4.64. The van der Waals surface area contributed by atoms with Crippen LogP contribution in [0.25, 0.3) is 23.1 Å². The predicted molar refractivity (Wildman–Crippen MR) is 101 cm³/mol. The number of rotatable bonds is 8. The van der Waals surface area contributed by atoms with Gasteiger partial charge >= 0.3 is 0 Å². The van der Waals surface area contributed by atoms with E-state index >= 15 is 0 Å². The summed E-state index contributed by atoms with van der Waals surface area (Å²) in [5.41, 5.74) is 0.640. The molecule has 4 rings (SSSR count). The van der Waals surface area contributed by atoms with Crippen molar-refractivity contribution in [3.63, 3.8) is 0 Å². The van der Waals surface area contributed by atoms with Crippen LogP contribution >= 0.6 is 11.8 Å². The van der Waals surface area contributed by atoms with E-state index in [1.54, 1.807) is 38.5 Å². The SMILES string of the molecule is COc1cc(-c2nnc(CSc3nnc(-c4ccco4)o3)o2)cc(OC)c1OC. The van der Waals surface area contributed by atoms with Crippen molar-refractivity contribution in [2.24, 2.45) is 0 Å². The molecule has 0 spiro atoms. The van der Waals surface area contributed by atoms with Crippen LogP contribution in [-0.2, 0) is 5.75 Å². The Morgan fingerprint density at radius 2 is 1.66 bits per heavy atom. The van der Waals surface area contributed by atoms with E-state index in [-0.39, 0.29) is 0 Å². The summed E-state index contributed by atoms with van der Waals surface area (Å²) in [7, 11) is 4.62. The Labute approximate surface area is 169 Å². The Bertz CT molecular complexity index is 1070. The molecular formula is C18H16N4O6S. The van der Waals surface area contributed by atoms with Crippen LogP contribution in [0.15, 0.2) is 49.0 Å². The molecule has 0 aliphatic carbocycles. The minimum Gasteiger partial charge on any atom is -0.493 e. The number of ether oxygens (including phenoxy) is 3. The second-order valence-corrected chi connectivity index (χ2v) is 6.48. The maximum Gasteiger partial charge on any atom is 0.284 e. The highest BCUT2D eigenvalue weighted by molar-refractivity contribution is 7.98. The normalized spacial score (nSPS) is 10.9. The molecule has 0 saturated carbocycles. The standard InChI is InChI=1S/C18H16N4O6S/c1-23-12-7-10(8-13(24-2)15(12)25-3)16-20-19-14(27-16)9-29-18-22-21-17(28-18)11-5-4-6-26-11/h4-8H,9H2,1-3H3. The van der Waals surface area contributed by atoms with E-state index in [0.29, 0.717) is 57.2 Å². The molecule has 3 aromatic heterocycles. The van der Waals surface area contributed by atoms with Gasteiger partial charge in [-0.05, 0) is 24.3 Å². The van der Waals surface area contributed by atoms with Crippen LogP contribution in [-0.4, -0.2) is 41.7 Å². The fourth-order valence-electron chi connectivity index (χ4n) is 2.52. The highest BCUT2D eigenvalue weighted by atomic mass is 32.2. The van der Waals surface area contributed by atoms with Gasteiger partial charge in [-0.2, -0.15) is 0 Å². The summed E-state index contributed by atoms with van der Waals surface area (Å²) in [6.45, 7) is 0. The predicted octanol–water partition coefficient (Wildman–Crippen LogP) is 3.70. The zero-order chi connectivity index (χ0) is 20.2. The Hall–Kier alpha value is -3.47. The monoisotopic (exact) mass is 416 g/mol. The van der Waals surface area contributed by atoms with Gasteiger partial charge in [-0.1, -0.05) is 11.8 Å². The Morgan fingerprint density at radius 3 is 2.31 bits per heavy atom. The summed E-state index contributed by atoms with van der Waals surface area (Å²) in [6.07, 6.45) is 1.54. The number of hydrogen-bond acceptors (Lipinski definition) is 11. The van der Waals surface area contributed by atoms with Crippen LogP contribution in [0.5, 0.6) is 17.2 Å². The number of methoxy groups -OCH3 is 3. The maximum atomic E-state index is 5.74. The van der Waals surface area contributed by atoms with Crippen LogP contribution < -0.4 is 14.2 Å². The molecule has 11 heteroatoms. The van der Waals surface area contributed by atoms with Crippen LogP contribution in [0.3, 0.4) is 0 Å². The molecule has 0 aliphatic heterocycles. The van der Waals surface area contributed by atoms with E-state index in [2.05, 4.69) is 20.4 Å². The molecule has 29 heavy (non-hydrogen) atoms. The molecule has 0 N–H and O–H groups in total. The Kier molecular flexibility index (Phi) is 5.38. The number of nitrogens with zero attached hydrogens (tertiary/aromatic N) is 4. The van der Waals surface area contributed by atoms with Crippen molar-refractivity contribution >= 4 is 11.8 Å². The molecule has 0 bridgehead atoms. The third-order valence-electron chi connectivity index (χ3n) is 3.84. The Morgan fingerprint density at radius 1 is 0.897 bits per heavy atom. The van der Waals surface area contributed by atoms with Crippen molar-refractivity contribution in [1.82, 2.24) is 20.4 Å². The summed E-state index contributed by atoms with van der Waals surface area (Å²) in [4.78, 5) is 0. The van der Waals surface area contributed by atoms with Crippen LogP contribution in [0.1, 0.15) is 5.89 Å². The lowest BCUT2D eigenvalue weighted by atomic mass is 10.2. The largest absolute Gasteiger partial charge is 0.493 e. The van der Waals surface area contributed by atoms with Gasteiger partial charge in [-0.15, -0.1) is 20.4 Å². The van der Waals surface area contributed by atoms with E-state index in [0.717, 1.165) is 0 Å². The number of aromatic nitrogens is 4. The highest BCUT2D eigenvalue weighted by Gasteiger charge is 2.18. The first-order chi connectivity index (χ1) is 14.2. The van der Waals surface area contributed by atoms with Crippen molar-refractivity contribution < 1.29 is 27.5 Å². The lowest BCUT2D eigenvalue weighted by Crippen LogP contribution is -1.95. The molecule has 0 radical (unpaired) electrons. The van der Waals surface area contributed by atoms with E-state index < -0.39 is 0 Å². The van der Waals surface area contributed by atoms with Crippen molar-refractivity contribution in [1.29, 1.82) is 0 Å². The maximum absolute atomic E-state index is 5.74. The average molecular weight is 416 g/mol. The van der Waals surface area contributed by atoms with Crippen LogP contribution in [0.2, 0.25) is 0 Å². The van der Waals surface area contributed by atoms with Crippen molar-refractivity contribution in [2.75, 3.05) is 21.3 Å². The molecule has 1 aromatic carbocycles. The second-order valence-electron chi connectivity index (χ2n) is 5.55. The zero-order valence-electron chi connectivity index (χ0n) is 15.7.